The summed E-state index contributed by atoms with van der Waals surface area (Å²) in [6.45, 7) is 9.51. The maximum Gasteiger partial charge on any atom is 0.0566 e. The number of hydrazine groups is 1. The van der Waals surface area contributed by atoms with Gasteiger partial charge in [0.25, 0.3) is 0 Å². The summed E-state index contributed by atoms with van der Waals surface area (Å²) < 4.78 is 0. The molecule has 11 heavy (non-hydrogen) atoms. The minimum atomic E-state index is 0.304. The van der Waals surface area contributed by atoms with Crippen molar-refractivity contribution in [2.24, 2.45) is 10.8 Å². The highest BCUT2D eigenvalue weighted by atomic mass is 15.4. The lowest BCUT2D eigenvalue weighted by Crippen LogP contribution is -2.32. The fourth-order valence-electron chi connectivity index (χ4n) is 0.565. The Bertz CT molecular complexity index is 149. The predicted octanol–water partition coefficient (Wildman–Crippen LogP) is 1.52. The molecule has 0 aromatic rings. The summed E-state index contributed by atoms with van der Waals surface area (Å²) in [6, 6.07) is 0.304. The SMILES string of the molecule is C=N/C(=C\N(N)C(C)C)CC. The van der Waals surface area contributed by atoms with Gasteiger partial charge in [-0.15, -0.1) is 0 Å². The highest BCUT2D eigenvalue weighted by Crippen LogP contribution is 2.03. The monoisotopic (exact) mass is 155 g/mol. The van der Waals surface area contributed by atoms with E-state index < -0.39 is 0 Å². The maximum atomic E-state index is 5.64. The van der Waals surface area contributed by atoms with Crippen LogP contribution in [-0.2, 0) is 0 Å². The van der Waals surface area contributed by atoms with Crippen molar-refractivity contribution in [3.8, 4) is 0 Å². The Hall–Kier alpha value is -0.830. The van der Waals surface area contributed by atoms with Crippen molar-refractivity contribution in [3.05, 3.63) is 11.9 Å². The molecule has 0 amide bonds. The van der Waals surface area contributed by atoms with Crippen LogP contribution in [-0.4, -0.2) is 17.8 Å². The molecule has 0 saturated carbocycles. The number of rotatable bonds is 4. The molecule has 0 aromatic heterocycles. The van der Waals surface area contributed by atoms with Crippen molar-refractivity contribution < 1.29 is 0 Å². The average molecular weight is 155 g/mol. The van der Waals surface area contributed by atoms with E-state index in [1.807, 2.05) is 27.0 Å². The molecule has 0 fully saturated rings. The van der Waals surface area contributed by atoms with Gasteiger partial charge in [0.15, 0.2) is 0 Å². The molecule has 0 aromatic carbocycles. The summed E-state index contributed by atoms with van der Waals surface area (Å²) in [4.78, 5) is 3.82. The summed E-state index contributed by atoms with van der Waals surface area (Å²) >= 11 is 0. The van der Waals surface area contributed by atoms with Crippen LogP contribution in [0.15, 0.2) is 16.9 Å². The highest BCUT2D eigenvalue weighted by molar-refractivity contribution is 5.28. The number of nitrogens with two attached hydrogens (primary N) is 1. The lowest BCUT2D eigenvalue weighted by Gasteiger charge is -2.18. The minimum absolute atomic E-state index is 0.304. The largest absolute Gasteiger partial charge is 0.314 e. The van der Waals surface area contributed by atoms with Gasteiger partial charge < -0.3 is 5.01 Å². The second-order valence-electron chi connectivity index (χ2n) is 2.67. The molecule has 64 valence electrons. The van der Waals surface area contributed by atoms with E-state index in [9.17, 15) is 0 Å². The van der Waals surface area contributed by atoms with Gasteiger partial charge in [0.2, 0.25) is 0 Å². The van der Waals surface area contributed by atoms with E-state index in [4.69, 9.17) is 5.84 Å². The van der Waals surface area contributed by atoms with Crippen molar-refractivity contribution in [1.82, 2.24) is 5.01 Å². The van der Waals surface area contributed by atoms with Crippen LogP contribution < -0.4 is 5.84 Å². The van der Waals surface area contributed by atoms with Crippen molar-refractivity contribution in [2.45, 2.75) is 33.2 Å². The maximum absolute atomic E-state index is 5.64. The van der Waals surface area contributed by atoms with Gasteiger partial charge >= 0.3 is 0 Å². The van der Waals surface area contributed by atoms with Crippen molar-refractivity contribution in [1.29, 1.82) is 0 Å². The lowest BCUT2D eigenvalue weighted by molar-refractivity contribution is 0.319. The molecule has 0 spiro atoms. The molecular formula is C8H17N3. The van der Waals surface area contributed by atoms with Crippen LogP contribution >= 0.6 is 0 Å². The van der Waals surface area contributed by atoms with Crippen LogP contribution in [0.2, 0.25) is 0 Å². The summed E-state index contributed by atoms with van der Waals surface area (Å²) in [5, 5.41) is 1.63. The zero-order chi connectivity index (χ0) is 8.85. The molecular weight excluding hydrogens is 138 g/mol. The van der Waals surface area contributed by atoms with Crippen molar-refractivity contribution in [2.75, 3.05) is 0 Å². The number of allylic oxidation sites excluding steroid dienone is 1. The summed E-state index contributed by atoms with van der Waals surface area (Å²) in [7, 11) is 0. The molecule has 3 nitrogen and oxygen atoms in total. The first-order valence-electron chi connectivity index (χ1n) is 3.82. The summed E-state index contributed by atoms with van der Waals surface area (Å²) in [6.07, 6.45) is 2.68. The standard InChI is InChI=1S/C8H17N3/c1-5-8(10-4)6-11(9)7(2)3/h6-7H,4-5,9H2,1-3H3/b8-6-. The van der Waals surface area contributed by atoms with Crippen molar-refractivity contribution in [3.63, 3.8) is 0 Å². The number of aliphatic imine (C=N–C) groups is 1. The third-order valence-electron chi connectivity index (χ3n) is 1.46. The Morgan fingerprint density at radius 2 is 2.27 bits per heavy atom. The molecule has 0 radical (unpaired) electrons. The van der Waals surface area contributed by atoms with E-state index in [2.05, 4.69) is 11.7 Å². The Kier molecular flexibility index (Phi) is 4.54. The highest BCUT2D eigenvalue weighted by Gasteiger charge is 1.98. The van der Waals surface area contributed by atoms with Gasteiger partial charge in [-0.25, -0.2) is 5.84 Å². The van der Waals surface area contributed by atoms with Crippen molar-refractivity contribution >= 4 is 6.72 Å². The predicted molar refractivity (Wildman–Crippen MR) is 49.1 cm³/mol. The molecule has 3 heteroatoms. The zero-order valence-corrected chi connectivity index (χ0v) is 7.54. The van der Waals surface area contributed by atoms with Crippen LogP contribution in [0.3, 0.4) is 0 Å². The van der Waals surface area contributed by atoms with E-state index in [0.717, 1.165) is 12.1 Å². The van der Waals surface area contributed by atoms with Gasteiger partial charge in [0.1, 0.15) is 0 Å². The minimum Gasteiger partial charge on any atom is -0.314 e. The second kappa shape index (κ2) is 4.91. The van der Waals surface area contributed by atoms with Crippen LogP contribution in [0, 0.1) is 0 Å². The third kappa shape index (κ3) is 3.78. The molecule has 0 aliphatic rings. The molecule has 0 rings (SSSR count). The topological polar surface area (TPSA) is 41.6 Å². The fourth-order valence-corrected chi connectivity index (χ4v) is 0.565. The number of hydrogen-bond donors (Lipinski definition) is 1. The second-order valence-corrected chi connectivity index (χ2v) is 2.67. The molecule has 0 saturated heterocycles. The Labute approximate surface area is 68.6 Å². The lowest BCUT2D eigenvalue weighted by atomic mass is 10.3. The molecule has 0 heterocycles. The zero-order valence-electron chi connectivity index (χ0n) is 7.54. The van der Waals surface area contributed by atoms with Crippen LogP contribution in [0.5, 0.6) is 0 Å². The first kappa shape index (κ1) is 10.2. The Morgan fingerprint density at radius 1 is 1.73 bits per heavy atom. The molecule has 0 atom stereocenters. The van der Waals surface area contributed by atoms with Gasteiger partial charge in [-0.1, -0.05) is 6.92 Å². The molecule has 0 aliphatic heterocycles. The molecule has 2 N–H and O–H groups in total. The summed E-state index contributed by atoms with van der Waals surface area (Å²) in [5.41, 5.74) is 0.918. The van der Waals surface area contributed by atoms with E-state index in [0.29, 0.717) is 6.04 Å². The van der Waals surface area contributed by atoms with Crippen LogP contribution in [0.25, 0.3) is 0 Å². The van der Waals surface area contributed by atoms with Gasteiger partial charge in [-0.3, -0.25) is 4.99 Å². The number of hydrogen-bond acceptors (Lipinski definition) is 3. The summed E-state index contributed by atoms with van der Waals surface area (Å²) in [5.74, 6) is 5.64. The molecule has 0 aliphatic carbocycles. The van der Waals surface area contributed by atoms with E-state index in [1.54, 1.807) is 5.01 Å². The quantitative estimate of drug-likeness (QED) is 0.380. The number of nitrogens with zero attached hydrogens (tertiary/aromatic N) is 2. The van der Waals surface area contributed by atoms with Gasteiger partial charge in [-0.05, 0) is 27.0 Å². The molecule has 0 unspecified atom stereocenters. The van der Waals surface area contributed by atoms with E-state index >= 15 is 0 Å². The fraction of sp³-hybridized carbons (Fsp3) is 0.625. The Morgan fingerprint density at radius 3 is 2.55 bits per heavy atom. The van der Waals surface area contributed by atoms with Gasteiger partial charge in [0.05, 0.1) is 5.70 Å². The average Bonchev–Trinajstić information content (AvgIpc) is 1.99. The smallest absolute Gasteiger partial charge is 0.0566 e. The van der Waals surface area contributed by atoms with Gasteiger partial charge in [0, 0.05) is 12.2 Å². The molecule has 0 bridgehead atoms. The van der Waals surface area contributed by atoms with E-state index in [1.165, 1.54) is 0 Å². The van der Waals surface area contributed by atoms with Crippen LogP contribution in [0.1, 0.15) is 27.2 Å². The normalized spacial score (nSPS) is 11.9. The van der Waals surface area contributed by atoms with Gasteiger partial charge in [-0.2, -0.15) is 0 Å². The van der Waals surface area contributed by atoms with E-state index in [-0.39, 0.29) is 0 Å². The third-order valence-corrected chi connectivity index (χ3v) is 1.46. The first-order chi connectivity index (χ1) is 5.11. The van der Waals surface area contributed by atoms with Crippen LogP contribution in [0.4, 0.5) is 0 Å². The first-order valence-corrected chi connectivity index (χ1v) is 3.82. The Balaban J connectivity index is 4.14.